The molecule has 0 aliphatic carbocycles. The molecule has 2 rings (SSSR count). The number of fused-ring (bicyclic) bond motifs is 1. The van der Waals surface area contributed by atoms with Crippen molar-refractivity contribution in [2.24, 2.45) is 0 Å². The van der Waals surface area contributed by atoms with E-state index >= 15 is 0 Å². The molecule has 1 heterocycles. The van der Waals surface area contributed by atoms with E-state index in [2.05, 4.69) is 6.58 Å². The highest BCUT2D eigenvalue weighted by Crippen LogP contribution is 2.25. The maximum atomic E-state index is 12.6. The lowest BCUT2D eigenvalue weighted by molar-refractivity contribution is 0.0207. The van der Waals surface area contributed by atoms with Crippen molar-refractivity contribution in [3.63, 3.8) is 0 Å². The second-order valence-corrected chi connectivity index (χ2v) is 7.69. The van der Waals surface area contributed by atoms with E-state index in [0.29, 0.717) is 17.7 Å². The zero-order valence-corrected chi connectivity index (χ0v) is 16.0. The maximum Gasteiger partial charge on any atom is 0.410 e. The third kappa shape index (κ3) is 4.31. The normalized spacial score (nSPS) is 14.9. The van der Waals surface area contributed by atoms with Gasteiger partial charge < -0.3 is 9.64 Å². The number of carbonyl (C=O) groups excluding carboxylic acids is 3. The van der Waals surface area contributed by atoms with E-state index in [1.54, 1.807) is 52.0 Å². The van der Waals surface area contributed by atoms with Crippen molar-refractivity contribution in [2.75, 3.05) is 13.1 Å². The number of ether oxygens (including phenoxy) is 1. The van der Waals surface area contributed by atoms with Crippen LogP contribution in [-0.4, -0.2) is 52.4 Å². The number of carbonyl (C=O) groups is 3. The van der Waals surface area contributed by atoms with Crippen LogP contribution in [-0.2, 0) is 4.74 Å². The fourth-order valence-corrected chi connectivity index (χ4v) is 2.86. The number of hydrogen-bond donors (Lipinski definition) is 0. The molecule has 3 amide bonds. The van der Waals surface area contributed by atoms with Gasteiger partial charge in [-0.3, -0.25) is 14.5 Å². The Labute approximate surface area is 154 Å². The van der Waals surface area contributed by atoms with Gasteiger partial charge >= 0.3 is 6.09 Å². The molecule has 0 saturated heterocycles. The molecule has 6 nitrogen and oxygen atoms in total. The Morgan fingerprint density at radius 2 is 1.69 bits per heavy atom. The van der Waals surface area contributed by atoms with Crippen molar-refractivity contribution in [2.45, 2.75) is 46.3 Å². The molecular weight excluding hydrogens is 332 g/mol. The van der Waals surface area contributed by atoms with Crippen LogP contribution in [0.15, 0.2) is 36.4 Å². The summed E-state index contributed by atoms with van der Waals surface area (Å²) in [4.78, 5) is 40.4. The van der Waals surface area contributed by atoms with E-state index in [-0.39, 0.29) is 18.4 Å². The highest BCUT2D eigenvalue weighted by Gasteiger charge is 2.39. The van der Waals surface area contributed by atoms with E-state index in [9.17, 15) is 14.4 Å². The number of benzene rings is 1. The fraction of sp³-hybridized carbons (Fsp3) is 0.450. The number of nitrogens with zero attached hydrogens (tertiary/aromatic N) is 2. The Morgan fingerprint density at radius 1 is 1.19 bits per heavy atom. The average Bonchev–Trinajstić information content (AvgIpc) is 2.76. The van der Waals surface area contributed by atoms with Crippen molar-refractivity contribution in [3.05, 3.63) is 47.5 Å². The molecule has 0 saturated carbocycles. The molecule has 1 aromatic carbocycles. The van der Waals surface area contributed by atoms with E-state index in [1.165, 1.54) is 9.80 Å². The quantitative estimate of drug-likeness (QED) is 0.597. The third-order valence-corrected chi connectivity index (χ3v) is 3.86. The van der Waals surface area contributed by atoms with Gasteiger partial charge in [0.25, 0.3) is 11.8 Å². The van der Waals surface area contributed by atoms with Gasteiger partial charge in [0.1, 0.15) is 5.60 Å². The second-order valence-electron chi connectivity index (χ2n) is 7.69. The predicted octanol–water partition coefficient (Wildman–Crippen LogP) is 3.48. The first-order valence-corrected chi connectivity index (χ1v) is 8.60. The minimum Gasteiger partial charge on any atom is -0.444 e. The van der Waals surface area contributed by atoms with Gasteiger partial charge in [0, 0.05) is 13.1 Å². The molecule has 0 radical (unpaired) electrons. The van der Waals surface area contributed by atoms with E-state index in [4.69, 9.17) is 4.74 Å². The van der Waals surface area contributed by atoms with Crippen molar-refractivity contribution in [1.29, 1.82) is 0 Å². The minimum absolute atomic E-state index is 0.174. The van der Waals surface area contributed by atoms with Gasteiger partial charge in [-0.1, -0.05) is 24.3 Å². The molecule has 0 fully saturated rings. The monoisotopic (exact) mass is 358 g/mol. The molecule has 6 heteroatoms. The summed E-state index contributed by atoms with van der Waals surface area (Å²) in [6.07, 6.45) is -0.496. The van der Waals surface area contributed by atoms with E-state index in [0.717, 1.165) is 5.57 Å². The summed E-state index contributed by atoms with van der Waals surface area (Å²) in [5, 5.41) is 0. The van der Waals surface area contributed by atoms with Crippen LogP contribution in [0.4, 0.5) is 4.79 Å². The molecule has 1 aliphatic rings. The fourth-order valence-electron chi connectivity index (χ4n) is 2.86. The number of amides is 3. The summed E-state index contributed by atoms with van der Waals surface area (Å²) < 4.78 is 5.44. The Kier molecular flexibility index (Phi) is 5.54. The first kappa shape index (κ1) is 19.7. The third-order valence-electron chi connectivity index (χ3n) is 3.86. The highest BCUT2D eigenvalue weighted by molar-refractivity contribution is 6.21. The van der Waals surface area contributed by atoms with Gasteiger partial charge in [0.15, 0.2) is 0 Å². The summed E-state index contributed by atoms with van der Waals surface area (Å²) in [5.41, 5.74) is 0.940. The Morgan fingerprint density at radius 3 is 2.12 bits per heavy atom. The molecule has 0 bridgehead atoms. The van der Waals surface area contributed by atoms with Gasteiger partial charge in [0.05, 0.1) is 17.2 Å². The summed E-state index contributed by atoms with van der Waals surface area (Å²) in [6.45, 7) is 13.2. The second kappa shape index (κ2) is 7.32. The molecule has 140 valence electrons. The standard InChI is InChI=1S/C20H26N2O4/c1-13(2)11-21(19(25)26-20(4,5)6)12-14(3)22-17(23)15-9-7-8-10-16(15)18(22)24/h7-10,14H,1,11-12H2,2-6H3. The maximum absolute atomic E-state index is 12.6. The lowest BCUT2D eigenvalue weighted by atomic mass is 10.1. The molecule has 1 unspecified atom stereocenters. The Hall–Kier alpha value is -2.63. The van der Waals surface area contributed by atoms with Gasteiger partial charge in [-0.15, -0.1) is 0 Å². The molecule has 1 aromatic rings. The first-order valence-electron chi connectivity index (χ1n) is 8.60. The molecule has 26 heavy (non-hydrogen) atoms. The van der Waals surface area contributed by atoms with Crippen LogP contribution in [0.5, 0.6) is 0 Å². The topological polar surface area (TPSA) is 66.9 Å². The van der Waals surface area contributed by atoms with E-state index < -0.39 is 17.7 Å². The van der Waals surface area contributed by atoms with Crippen LogP contribution in [0.1, 0.15) is 55.3 Å². The molecule has 0 spiro atoms. The molecule has 0 aromatic heterocycles. The Bertz CT molecular complexity index is 713. The van der Waals surface area contributed by atoms with Gasteiger partial charge in [-0.05, 0) is 46.8 Å². The average molecular weight is 358 g/mol. The van der Waals surface area contributed by atoms with Crippen LogP contribution < -0.4 is 0 Å². The smallest absolute Gasteiger partial charge is 0.410 e. The number of imide groups is 1. The molecule has 1 aliphatic heterocycles. The van der Waals surface area contributed by atoms with Crippen LogP contribution in [0.25, 0.3) is 0 Å². The minimum atomic E-state index is -0.636. The van der Waals surface area contributed by atoms with Crippen LogP contribution >= 0.6 is 0 Å². The van der Waals surface area contributed by atoms with Gasteiger partial charge in [-0.25, -0.2) is 4.79 Å². The SMILES string of the molecule is C=C(C)CN(CC(C)N1C(=O)c2ccccc2C1=O)C(=O)OC(C)(C)C. The number of rotatable bonds is 5. The summed E-state index contributed by atoms with van der Waals surface area (Å²) in [6, 6.07) is 6.25. The zero-order valence-electron chi connectivity index (χ0n) is 16.0. The van der Waals surface area contributed by atoms with E-state index in [1.807, 2.05) is 6.92 Å². The van der Waals surface area contributed by atoms with Crippen molar-refractivity contribution in [1.82, 2.24) is 9.80 Å². The first-order chi connectivity index (χ1) is 12.0. The summed E-state index contributed by atoms with van der Waals surface area (Å²) in [5.74, 6) is -0.671. The van der Waals surface area contributed by atoms with Crippen LogP contribution in [0.2, 0.25) is 0 Å². The molecular formula is C20H26N2O4. The lowest BCUT2D eigenvalue weighted by Gasteiger charge is -2.32. The summed E-state index contributed by atoms with van der Waals surface area (Å²) in [7, 11) is 0. The largest absolute Gasteiger partial charge is 0.444 e. The molecule has 1 atom stereocenters. The van der Waals surface area contributed by atoms with Crippen molar-refractivity contribution < 1.29 is 19.1 Å². The predicted molar refractivity (Wildman–Crippen MR) is 99.0 cm³/mol. The van der Waals surface area contributed by atoms with Crippen molar-refractivity contribution >= 4 is 17.9 Å². The molecule has 0 N–H and O–H groups in total. The van der Waals surface area contributed by atoms with Gasteiger partial charge in [-0.2, -0.15) is 0 Å². The highest BCUT2D eigenvalue weighted by atomic mass is 16.6. The van der Waals surface area contributed by atoms with Crippen LogP contribution in [0.3, 0.4) is 0 Å². The summed E-state index contributed by atoms with van der Waals surface area (Å²) >= 11 is 0. The zero-order chi connectivity index (χ0) is 19.6. The lowest BCUT2D eigenvalue weighted by Crippen LogP contribution is -2.48. The van der Waals surface area contributed by atoms with Gasteiger partial charge in [0.2, 0.25) is 0 Å². The van der Waals surface area contributed by atoms with Crippen molar-refractivity contribution in [3.8, 4) is 0 Å². The Balaban J connectivity index is 2.18. The number of hydrogen-bond acceptors (Lipinski definition) is 4. The van der Waals surface area contributed by atoms with Crippen LogP contribution in [0, 0.1) is 0 Å².